The zero-order valence-electron chi connectivity index (χ0n) is 6.66. The minimum atomic E-state index is 0. The highest BCUT2D eigenvalue weighted by molar-refractivity contribution is 5.85. The van der Waals surface area contributed by atoms with Gasteiger partial charge in [-0.2, -0.15) is 0 Å². The second-order valence-corrected chi connectivity index (χ2v) is 3.53. The Kier molecular flexibility index (Phi) is 3.16. The standard InChI is InChI=1S/C8H15NO.ClH/c9-2-1-6-3-7-4-10-5-8(6)7;/h6-8H,1-5,9H2;1H/t6-,7-,8-;/m0./s1. The Balaban J connectivity index is 0.000000605. The predicted molar refractivity (Wildman–Crippen MR) is 46.8 cm³/mol. The summed E-state index contributed by atoms with van der Waals surface area (Å²) in [5.41, 5.74) is 5.48. The number of ether oxygens (including phenoxy) is 1. The maximum atomic E-state index is 5.48. The third kappa shape index (κ3) is 1.53. The molecule has 1 saturated carbocycles. The largest absolute Gasteiger partial charge is 0.381 e. The van der Waals surface area contributed by atoms with Crippen LogP contribution < -0.4 is 5.73 Å². The number of fused-ring (bicyclic) bond motifs is 1. The molecular formula is C8H16ClNO. The lowest BCUT2D eigenvalue weighted by Crippen LogP contribution is -2.36. The molecule has 1 heterocycles. The van der Waals surface area contributed by atoms with E-state index in [9.17, 15) is 0 Å². The van der Waals surface area contributed by atoms with Gasteiger partial charge in [-0.25, -0.2) is 0 Å². The van der Waals surface area contributed by atoms with Crippen molar-refractivity contribution in [3.8, 4) is 0 Å². The Morgan fingerprint density at radius 1 is 1.36 bits per heavy atom. The Hall–Kier alpha value is 0.210. The van der Waals surface area contributed by atoms with Crippen LogP contribution in [0.5, 0.6) is 0 Å². The molecule has 1 saturated heterocycles. The van der Waals surface area contributed by atoms with Gasteiger partial charge in [0.25, 0.3) is 0 Å². The monoisotopic (exact) mass is 177 g/mol. The zero-order chi connectivity index (χ0) is 6.97. The Bertz CT molecular complexity index is 131. The molecule has 0 unspecified atom stereocenters. The molecule has 0 aromatic heterocycles. The van der Waals surface area contributed by atoms with Crippen molar-refractivity contribution < 1.29 is 4.74 Å². The first-order chi connectivity index (χ1) is 4.92. The molecule has 2 nitrogen and oxygen atoms in total. The Morgan fingerprint density at radius 2 is 2.18 bits per heavy atom. The van der Waals surface area contributed by atoms with Crippen LogP contribution in [0.25, 0.3) is 0 Å². The molecule has 2 aliphatic rings. The molecule has 0 radical (unpaired) electrons. The predicted octanol–water partition coefficient (Wildman–Crippen LogP) is 1.04. The van der Waals surface area contributed by atoms with E-state index in [-0.39, 0.29) is 12.4 Å². The summed E-state index contributed by atoms with van der Waals surface area (Å²) in [5, 5.41) is 0. The van der Waals surface area contributed by atoms with Crippen LogP contribution >= 0.6 is 12.4 Å². The zero-order valence-corrected chi connectivity index (χ0v) is 7.48. The first-order valence-electron chi connectivity index (χ1n) is 4.19. The van der Waals surface area contributed by atoms with Gasteiger partial charge < -0.3 is 10.5 Å². The summed E-state index contributed by atoms with van der Waals surface area (Å²) in [4.78, 5) is 0. The van der Waals surface area contributed by atoms with Gasteiger partial charge in [0.2, 0.25) is 0 Å². The van der Waals surface area contributed by atoms with Crippen molar-refractivity contribution in [1.82, 2.24) is 0 Å². The van der Waals surface area contributed by atoms with Gasteiger partial charge >= 0.3 is 0 Å². The smallest absolute Gasteiger partial charge is 0.0500 e. The van der Waals surface area contributed by atoms with Crippen LogP contribution in [0.15, 0.2) is 0 Å². The first-order valence-corrected chi connectivity index (χ1v) is 4.19. The lowest BCUT2D eigenvalue weighted by Gasteiger charge is -2.38. The van der Waals surface area contributed by atoms with E-state index >= 15 is 0 Å². The van der Waals surface area contributed by atoms with E-state index in [0.29, 0.717) is 0 Å². The molecule has 3 heteroatoms. The number of rotatable bonds is 2. The summed E-state index contributed by atoms with van der Waals surface area (Å²) in [6.45, 7) is 2.88. The molecule has 0 spiro atoms. The number of hydrogen-bond acceptors (Lipinski definition) is 2. The molecule has 1 aliphatic carbocycles. The summed E-state index contributed by atoms with van der Waals surface area (Å²) < 4.78 is 5.37. The molecule has 0 aromatic carbocycles. The van der Waals surface area contributed by atoms with Gasteiger partial charge in [0.15, 0.2) is 0 Å². The van der Waals surface area contributed by atoms with Gasteiger partial charge in [-0.1, -0.05) is 0 Å². The third-order valence-corrected chi connectivity index (χ3v) is 3.00. The molecule has 1 aliphatic heterocycles. The van der Waals surface area contributed by atoms with Gasteiger partial charge in [0, 0.05) is 6.61 Å². The lowest BCUT2D eigenvalue weighted by molar-refractivity contribution is 0.114. The van der Waals surface area contributed by atoms with Crippen molar-refractivity contribution in [2.45, 2.75) is 12.8 Å². The summed E-state index contributed by atoms with van der Waals surface area (Å²) in [5.74, 6) is 2.68. The molecule has 2 N–H and O–H groups in total. The average Bonchev–Trinajstić information content (AvgIpc) is 2.26. The SMILES string of the molecule is Cl.NCC[C@H]1C[C@H]2COC[C@H]21. The second-order valence-electron chi connectivity index (χ2n) is 3.53. The summed E-state index contributed by atoms with van der Waals surface area (Å²) >= 11 is 0. The molecule has 0 aromatic rings. The molecule has 66 valence electrons. The fourth-order valence-corrected chi connectivity index (χ4v) is 2.29. The van der Waals surface area contributed by atoms with Crippen LogP contribution in [0.4, 0.5) is 0 Å². The minimum absolute atomic E-state index is 0. The highest BCUT2D eigenvalue weighted by Crippen LogP contribution is 2.45. The van der Waals surface area contributed by atoms with Crippen LogP contribution in [-0.4, -0.2) is 19.8 Å². The van der Waals surface area contributed by atoms with Crippen molar-refractivity contribution in [2.75, 3.05) is 19.8 Å². The molecular weight excluding hydrogens is 162 g/mol. The molecule has 2 rings (SSSR count). The minimum Gasteiger partial charge on any atom is -0.381 e. The normalized spacial score (nSPS) is 40.6. The maximum Gasteiger partial charge on any atom is 0.0500 e. The number of halogens is 1. The van der Waals surface area contributed by atoms with Crippen molar-refractivity contribution >= 4 is 12.4 Å². The lowest BCUT2D eigenvalue weighted by atomic mass is 9.65. The van der Waals surface area contributed by atoms with Crippen LogP contribution in [0.2, 0.25) is 0 Å². The van der Waals surface area contributed by atoms with Gasteiger partial charge in [0.05, 0.1) is 6.61 Å². The average molecular weight is 178 g/mol. The second kappa shape index (κ2) is 3.74. The first kappa shape index (κ1) is 9.30. The number of nitrogens with two attached hydrogens (primary N) is 1. The quantitative estimate of drug-likeness (QED) is 0.684. The van der Waals surface area contributed by atoms with E-state index < -0.39 is 0 Å². The van der Waals surface area contributed by atoms with Gasteiger partial charge in [-0.05, 0) is 37.1 Å². The van der Waals surface area contributed by atoms with E-state index in [1.807, 2.05) is 0 Å². The van der Waals surface area contributed by atoms with E-state index in [1.54, 1.807) is 0 Å². The fourth-order valence-electron chi connectivity index (χ4n) is 2.29. The van der Waals surface area contributed by atoms with Crippen LogP contribution in [0.1, 0.15) is 12.8 Å². The van der Waals surface area contributed by atoms with E-state index in [1.165, 1.54) is 12.8 Å². The van der Waals surface area contributed by atoms with Gasteiger partial charge in [-0.15, -0.1) is 12.4 Å². The van der Waals surface area contributed by atoms with Crippen molar-refractivity contribution in [2.24, 2.45) is 23.5 Å². The molecule has 3 atom stereocenters. The Labute approximate surface area is 73.9 Å². The van der Waals surface area contributed by atoms with Crippen LogP contribution in [0.3, 0.4) is 0 Å². The highest BCUT2D eigenvalue weighted by atomic mass is 35.5. The van der Waals surface area contributed by atoms with Gasteiger partial charge in [-0.3, -0.25) is 0 Å². The van der Waals surface area contributed by atoms with E-state index in [0.717, 1.165) is 37.5 Å². The van der Waals surface area contributed by atoms with Crippen LogP contribution in [-0.2, 0) is 4.74 Å². The molecule has 11 heavy (non-hydrogen) atoms. The molecule has 0 amide bonds. The van der Waals surface area contributed by atoms with Crippen molar-refractivity contribution in [3.05, 3.63) is 0 Å². The van der Waals surface area contributed by atoms with E-state index in [4.69, 9.17) is 10.5 Å². The molecule has 0 bridgehead atoms. The van der Waals surface area contributed by atoms with E-state index in [2.05, 4.69) is 0 Å². The summed E-state index contributed by atoms with van der Waals surface area (Å²) in [6.07, 6.45) is 2.59. The molecule has 2 fully saturated rings. The fraction of sp³-hybridized carbons (Fsp3) is 1.00. The third-order valence-electron chi connectivity index (χ3n) is 3.00. The highest BCUT2D eigenvalue weighted by Gasteiger charge is 2.43. The topological polar surface area (TPSA) is 35.2 Å². The Morgan fingerprint density at radius 3 is 2.82 bits per heavy atom. The van der Waals surface area contributed by atoms with Gasteiger partial charge in [0.1, 0.15) is 0 Å². The number of hydrogen-bond donors (Lipinski definition) is 1. The summed E-state index contributed by atoms with van der Waals surface area (Å²) in [6, 6.07) is 0. The van der Waals surface area contributed by atoms with Crippen molar-refractivity contribution in [3.63, 3.8) is 0 Å². The van der Waals surface area contributed by atoms with Crippen molar-refractivity contribution in [1.29, 1.82) is 0 Å². The summed E-state index contributed by atoms with van der Waals surface area (Å²) in [7, 11) is 0. The van der Waals surface area contributed by atoms with Crippen LogP contribution in [0, 0.1) is 17.8 Å². The maximum absolute atomic E-state index is 5.48.